The van der Waals surface area contributed by atoms with Gasteiger partial charge >= 0.3 is 6.18 Å². The zero-order valence-corrected chi connectivity index (χ0v) is 22.2. The third-order valence-corrected chi connectivity index (χ3v) is 6.63. The van der Waals surface area contributed by atoms with Crippen LogP contribution in [0.25, 0.3) is 0 Å². The molecule has 1 aliphatic rings. The molecule has 3 N–H and O–H groups in total. The van der Waals surface area contributed by atoms with Gasteiger partial charge in [0.25, 0.3) is 5.91 Å². The van der Waals surface area contributed by atoms with Crippen molar-refractivity contribution in [2.45, 2.75) is 32.0 Å². The normalized spacial score (nSPS) is 14.3. The van der Waals surface area contributed by atoms with Crippen LogP contribution in [-0.4, -0.2) is 57.8 Å². The van der Waals surface area contributed by atoms with Crippen molar-refractivity contribution >= 4 is 34.9 Å². The topological polar surface area (TPSA) is 125 Å². The average molecular weight is 603 g/mol. The first-order valence-corrected chi connectivity index (χ1v) is 12.7. The molecule has 0 radical (unpaired) electrons. The van der Waals surface area contributed by atoms with Crippen molar-refractivity contribution in [3.8, 4) is 11.5 Å². The van der Waals surface area contributed by atoms with Crippen LogP contribution in [0, 0.1) is 11.6 Å². The highest BCUT2D eigenvalue weighted by molar-refractivity contribution is 6.34. The fraction of sp³-hybridized carbons (Fsp3) is 0.360. The molecule has 2 aromatic heterocycles. The summed E-state index contributed by atoms with van der Waals surface area (Å²) in [5.74, 6) is -5.33. The van der Waals surface area contributed by atoms with Crippen LogP contribution < -0.4 is 15.8 Å². The summed E-state index contributed by atoms with van der Waals surface area (Å²) in [7, 11) is 0. The highest BCUT2D eigenvalue weighted by Gasteiger charge is 2.42. The molecule has 3 heterocycles. The van der Waals surface area contributed by atoms with E-state index in [2.05, 4.69) is 15.4 Å². The lowest BCUT2D eigenvalue weighted by atomic mass is 10.0. The Hall–Kier alpha value is -3.98. The Bertz CT molecular complexity index is 1420. The molecule has 1 aromatic carbocycles. The number of nitrogens with two attached hydrogens (primary N) is 1. The average Bonchev–Trinajstić information content (AvgIpc) is 3.38. The number of hydrogen-bond acceptors (Lipinski definition) is 7. The number of likely N-dealkylation sites (tertiary alicyclic amines) is 1. The molecular weight excluding hydrogens is 579 g/mol. The van der Waals surface area contributed by atoms with Gasteiger partial charge in [-0.15, -0.1) is 0 Å². The number of pyridine rings is 1. The highest BCUT2D eigenvalue weighted by Crippen LogP contribution is 2.38. The highest BCUT2D eigenvalue weighted by atomic mass is 35.5. The quantitative estimate of drug-likeness (QED) is 0.346. The first-order chi connectivity index (χ1) is 19.4. The Kier molecular flexibility index (Phi) is 8.97. The molecule has 10 nitrogen and oxygen atoms in total. The fourth-order valence-electron chi connectivity index (χ4n) is 4.29. The molecule has 0 aliphatic carbocycles. The summed E-state index contributed by atoms with van der Waals surface area (Å²) < 4.78 is 82.7. The number of alkyl halides is 3. The SMILES string of the molecule is CCOCC(=O)N1CCC(n2ncc(C(=O)Nc3cc(F)c(Oc4ccnc(N)c4Cl)c(F)c3)c2C(F)(F)F)CC1. The van der Waals surface area contributed by atoms with E-state index in [-0.39, 0.29) is 55.0 Å². The number of aromatic nitrogens is 3. The molecule has 0 atom stereocenters. The van der Waals surface area contributed by atoms with E-state index >= 15 is 0 Å². The molecule has 0 bridgehead atoms. The standard InChI is InChI=1S/C25H24ClF5N6O4/c1-2-40-12-19(38)36-7-4-14(5-8-36)37-22(25(29,30)31)15(11-34-37)24(39)35-13-9-16(27)21(17(28)10-13)41-18-3-6-33-23(32)20(18)26/h3,6,9-11,14H,2,4-5,7-8,12H2,1H3,(H2,32,33)(H,35,39). The number of carbonyl (C=O) groups is 2. The maximum atomic E-state index is 14.7. The van der Waals surface area contributed by atoms with Crippen molar-refractivity contribution in [3.05, 3.63) is 58.5 Å². The predicted molar refractivity (Wildman–Crippen MR) is 137 cm³/mol. The Morgan fingerprint density at radius 2 is 1.85 bits per heavy atom. The van der Waals surface area contributed by atoms with Crippen LogP contribution in [0.3, 0.4) is 0 Å². The Morgan fingerprint density at radius 1 is 1.20 bits per heavy atom. The van der Waals surface area contributed by atoms with Crippen molar-refractivity contribution in [2.24, 2.45) is 0 Å². The van der Waals surface area contributed by atoms with Gasteiger partial charge in [-0.1, -0.05) is 11.6 Å². The number of nitrogens with zero attached hydrogens (tertiary/aromatic N) is 4. The van der Waals surface area contributed by atoms with Crippen LogP contribution in [-0.2, 0) is 15.7 Å². The second-order valence-electron chi connectivity index (χ2n) is 8.93. The van der Waals surface area contributed by atoms with Crippen LogP contribution >= 0.6 is 11.6 Å². The zero-order valence-electron chi connectivity index (χ0n) is 21.5. The second-order valence-corrected chi connectivity index (χ2v) is 9.31. The number of amides is 2. The number of rotatable bonds is 8. The minimum atomic E-state index is -4.98. The van der Waals surface area contributed by atoms with E-state index < -0.39 is 52.5 Å². The Balaban J connectivity index is 1.52. The van der Waals surface area contributed by atoms with Gasteiger partial charge in [0.2, 0.25) is 5.91 Å². The van der Waals surface area contributed by atoms with E-state index in [9.17, 15) is 31.5 Å². The van der Waals surface area contributed by atoms with Crippen LogP contribution in [0.5, 0.6) is 11.5 Å². The van der Waals surface area contributed by atoms with Crippen LogP contribution in [0.4, 0.5) is 33.5 Å². The third-order valence-electron chi connectivity index (χ3n) is 6.25. The summed E-state index contributed by atoms with van der Waals surface area (Å²) in [6.07, 6.45) is -2.72. The monoisotopic (exact) mass is 602 g/mol. The lowest BCUT2D eigenvalue weighted by Gasteiger charge is -2.33. The van der Waals surface area contributed by atoms with Crippen LogP contribution in [0.2, 0.25) is 5.02 Å². The van der Waals surface area contributed by atoms with Crippen molar-refractivity contribution < 1.29 is 41.0 Å². The minimum Gasteiger partial charge on any atom is -0.449 e. The summed E-state index contributed by atoms with van der Waals surface area (Å²) >= 11 is 5.93. The molecular formula is C25H24ClF5N6O4. The molecule has 4 rings (SSSR count). The van der Waals surface area contributed by atoms with Gasteiger partial charge in [0.05, 0.1) is 17.8 Å². The number of ether oxygens (including phenoxy) is 2. The maximum absolute atomic E-state index is 14.7. The first kappa shape index (κ1) is 30.0. The predicted octanol–water partition coefficient (Wildman–Crippen LogP) is 5.06. The van der Waals surface area contributed by atoms with Crippen molar-refractivity contribution in [2.75, 3.05) is 37.4 Å². The van der Waals surface area contributed by atoms with E-state index in [0.29, 0.717) is 23.4 Å². The van der Waals surface area contributed by atoms with Crippen LogP contribution in [0.15, 0.2) is 30.6 Å². The molecule has 3 aromatic rings. The fourth-order valence-corrected chi connectivity index (χ4v) is 4.44. The molecule has 1 fully saturated rings. The third kappa shape index (κ3) is 6.68. The van der Waals surface area contributed by atoms with Gasteiger partial charge in [0.1, 0.15) is 17.4 Å². The number of anilines is 2. The van der Waals surface area contributed by atoms with E-state index in [1.54, 1.807) is 6.92 Å². The molecule has 0 unspecified atom stereocenters. The van der Waals surface area contributed by atoms with Crippen molar-refractivity contribution in [1.82, 2.24) is 19.7 Å². The summed E-state index contributed by atoms with van der Waals surface area (Å²) in [6.45, 7) is 2.32. The molecule has 1 aliphatic heterocycles. The largest absolute Gasteiger partial charge is 0.449 e. The summed E-state index contributed by atoms with van der Waals surface area (Å²) in [6, 6.07) is 1.80. The van der Waals surface area contributed by atoms with Crippen LogP contribution in [0.1, 0.15) is 41.9 Å². The van der Waals surface area contributed by atoms with E-state index in [4.69, 9.17) is 26.8 Å². The number of nitrogens with one attached hydrogen (secondary N) is 1. The van der Waals surface area contributed by atoms with E-state index in [0.717, 1.165) is 6.20 Å². The second kappa shape index (κ2) is 12.3. The lowest BCUT2D eigenvalue weighted by Crippen LogP contribution is -2.41. The molecule has 0 spiro atoms. The summed E-state index contributed by atoms with van der Waals surface area (Å²) in [5.41, 5.74) is 2.91. The van der Waals surface area contributed by atoms with Gasteiger partial charge in [0.15, 0.2) is 28.8 Å². The molecule has 2 amide bonds. The molecule has 41 heavy (non-hydrogen) atoms. The molecule has 0 saturated carbocycles. The van der Waals surface area contributed by atoms with Gasteiger partial charge in [-0.25, -0.2) is 13.8 Å². The molecule has 220 valence electrons. The molecule has 16 heteroatoms. The number of halogens is 6. The minimum absolute atomic E-state index is 0.124. The smallest absolute Gasteiger partial charge is 0.433 e. The maximum Gasteiger partial charge on any atom is 0.433 e. The van der Waals surface area contributed by atoms with Gasteiger partial charge in [-0.3, -0.25) is 14.3 Å². The van der Waals surface area contributed by atoms with E-state index in [1.165, 1.54) is 17.2 Å². The number of hydrogen-bond donors (Lipinski definition) is 2. The summed E-state index contributed by atoms with van der Waals surface area (Å²) in [4.78, 5) is 30.2. The number of piperidine rings is 1. The number of benzene rings is 1. The Morgan fingerprint density at radius 3 is 2.46 bits per heavy atom. The van der Waals surface area contributed by atoms with Crippen molar-refractivity contribution in [3.63, 3.8) is 0 Å². The number of carbonyl (C=O) groups excluding carboxylic acids is 2. The first-order valence-electron chi connectivity index (χ1n) is 12.3. The van der Waals surface area contributed by atoms with Gasteiger partial charge in [0, 0.05) is 49.8 Å². The van der Waals surface area contributed by atoms with Gasteiger partial charge in [-0.05, 0) is 19.8 Å². The van der Waals surface area contributed by atoms with Gasteiger partial charge < -0.3 is 25.4 Å². The van der Waals surface area contributed by atoms with Gasteiger partial charge in [-0.2, -0.15) is 18.3 Å². The van der Waals surface area contributed by atoms with E-state index in [1.807, 2.05) is 0 Å². The van der Waals surface area contributed by atoms with Crippen molar-refractivity contribution in [1.29, 1.82) is 0 Å². The summed E-state index contributed by atoms with van der Waals surface area (Å²) in [5, 5.41) is 5.69. The molecule has 1 saturated heterocycles. The zero-order chi connectivity index (χ0) is 29.9. The Labute approximate surface area is 235 Å². The lowest BCUT2D eigenvalue weighted by molar-refractivity contribution is -0.146. The number of nitrogen functional groups attached to an aromatic ring is 1.